The van der Waals surface area contributed by atoms with Crippen LogP contribution < -0.4 is 5.73 Å². The van der Waals surface area contributed by atoms with E-state index < -0.39 is 0 Å². The van der Waals surface area contributed by atoms with Gasteiger partial charge in [0, 0.05) is 5.70 Å². The summed E-state index contributed by atoms with van der Waals surface area (Å²) in [4.78, 5) is 0. The van der Waals surface area contributed by atoms with Crippen LogP contribution in [0.3, 0.4) is 0 Å². The molecule has 52 valence electrons. The maximum absolute atomic E-state index is 5.56. The Labute approximate surface area is 57.3 Å². The van der Waals surface area contributed by atoms with Gasteiger partial charge in [0.15, 0.2) is 0 Å². The summed E-state index contributed by atoms with van der Waals surface area (Å²) < 4.78 is 0. The van der Waals surface area contributed by atoms with Crippen molar-refractivity contribution in [1.29, 1.82) is 0 Å². The maximum atomic E-state index is 5.56. The first-order valence-corrected chi connectivity index (χ1v) is 3.38. The summed E-state index contributed by atoms with van der Waals surface area (Å²) in [6, 6.07) is 0. The molecule has 0 aromatic rings. The lowest BCUT2D eigenvalue weighted by molar-refractivity contribution is 0.781. The molecule has 9 heavy (non-hydrogen) atoms. The smallest absolute Gasteiger partial charge is 0.00802 e. The molecule has 1 heteroatoms. The van der Waals surface area contributed by atoms with E-state index in [1.165, 1.54) is 12.8 Å². The first-order chi connectivity index (χ1) is 4.31. The van der Waals surface area contributed by atoms with Crippen molar-refractivity contribution in [2.45, 2.75) is 26.2 Å². The Kier molecular flexibility index (Phi) is 4.98. The molecule has 0 fully saturated rings. The van der Waals surface area contributed by atoms with Gasteiger partial charge in [0.05, 0.1) is 0 Å². The molecule has 2 N–H and O–H groups in total. The second kappa shape index (κ2) is 5.42. The van der Waals surface area contributed by atoms with Crippen LogP contribution in [0.15, 0.2) is 24.4 Å². The minimum Gasteiger partial charge on any atom is -0.402 e. The summed E-state index contributed by atoms with van der Waals surface area (Å²) in [5.41, 5.74) is 6.50. The molecule has 0 saturated carbocycles. The van der Waals surface area contributed by atoms with Gasteiger partial charge in [-0.05, 0) is 18.9 Å². The van der Waals surface area contributed by atoms with Crippen molar-refractivity contribution in [2.75, 3.05) is 0 Å². The Morgan fingerprint density at radius 1 is 1.67 bits per heavy atom. The highest BCUT2D eigenvalue weighted by Crippen LogP contribution is 2.00. The number of hydrogen-bond donors (Lipinski definition) is 1. The molecule has 0 aliphatic heterocycles. The minimum absolute atomic E-state index is 0.937. The number of hydrogen-bond acceptors (Lipinski definition) is 1. The Hall–Kier alpha value is -0.720. The van der Waals surface area contributed by atoms with Crippen LogP contribution in [0, 0.1) is 0 Å². The highest BCUT2D eigenvalue weighted by Gasteiger charge is 1.85. The van der Waals surface area contributed by atoms with E-state index in [1.807, 2.05) is 6.08 Å². The monoisotopic (exact) mass is 125 g/mol. The lowest BCUT2D eigenvalue weighted by Gasteiger charge is -1.95. The van der Waals surface area contributed by atoms with Gasteiger partial charge in [-0.3, -0.25) is 0 Å². The van der Waals surface area contributed by atoms with E-state index in [1.54, 1.807) is 6.08 Å². The molecule has 0 saturated heterocycles. The van der Waals surface area contributed by atoms with Gasteiger partial charge >= 0.3 is 0 Å². The molecular weight excluding hydrogens is 110 g/mol. The summed E-state index contributed by atoms with van der Waals surface area (Å²) in [5, 5.41) is 0. The fourth-order valence-corrected chi connectivity index (χ4v) is 0.616. The third-order valence-corrected chi connectivity index (χ3v) is 1.15. The molecule has 0 spiro atoms. The average Bonchev–Trinajstić information content (AvgIpc) is 1.85. The fraction of sp³-hybridized carbons (Fsp3) is 0.500. The Balaban J connectivity index is 3.36. The Bertz CT molecular complexity index is 103. The molecule has 0 rings (SSSR count). The first-order valence-electron chi connectivity index (χ1n) is 3.38. The summed E-state index contributed by atoms with van der Waals surface area (Å²) in [5.74, 6) is 0. The molecule has 0 aliphatic rings. The van der Waals surface area contributed by atoms with Gasteiger partial charge in [0.1, 0.15) is 0 Å². The predicted octanol–water partition coefficient (Wildman–Crippen LogP) is 2.21. The van der Waals surface area contributed by atoms with Gasteiger partial charge in [0.2, 0.25) is 0 Å². The van der Waals surface area contributed by atoms with Crippen LogP contribution in [0.25, 0.3) is 0 Å². The second-order valence-electron chi connectivity index (χ2n) is 2.08. The summed E-state index contributed by atoms with van der Waals surface area (Å²) in [7, 11) is 0. The van der Waals surface area contributed by atoms with Crippen LogP contribution in [-0.4, -0.2) is 0 Å². The third-order valence-electron chi connectivity index (χ3n) is 1.15. The topological polar surface area (TPSA) is 26.0 Å². The van der Waals surface area contributed by atoms with Gasteiger partial charge < -0.3 is 5.73 Å². The fourth-order valence-electron chi connectivity index (χ4n) is 0.616. The normalized spacial score (nSPS) is 11.4. The third kappa shape index (κ3) is 5.15. The van der Waals surface area contributed by atoms with Crippen LogP contribution in [0.2, 0.25) is 0 Å². The number of rotatable bonds is 4. The van der Waals surface area contributed by atoms with Crippen LogP contribution in [0.4, 0.5) is 0 Å². The van der Waals surface area contributed by atoms with Crippen LogP contribution in [0.5, 0.6) is 0 Å². The molecule has 0 atom stereocenters. The zero-order valence-electron chi connectivity index (χ0n) is 6.06. The molecule has 1 nitrogen and oxygen atoms in total. The van der Waals surface area contributed by atoms with Crippen molar-refractivity contribution >= 4 is 0 Å². The summed E-state index contributed by atoms with van der Waals surface area (Å²) in [6.45, 7) is 5.71. The number of allylic oxidation sites excluding steroid dienone is 3. The van der Waals surface area contributed by atoms with Crippen molar-refractivity contribution in [3.05, 3.63) is 24.4 Å². The summed E-state index contributed by atoms with van der Waals surface area (Å²) >= 11 is 0. The van der Waals surface area contributed by atoms with Gasteiger partial charge in [-0.25, -0.2) is 0 Å². The van der Waals surface area contributed by atoms with E-state index in [0.29, 0.717) is 0 Å². The predicted molar refractivity (Wildman–Crippen MR) is 42.0 cm³/mol. The van der Waals surface area contributed by atoms with Gasteiger partial charge in [0.25, 0.3) is 0 Å². The van der Waals surface area contributed by atoms with Crippen molar-refractivity contribution < 1.29 is 0 Å². The van der Waals surface area contributed by atoms with Gasteiger partial charge in [-0.1, -0.05) is 26.0 Å². The van der Waals surface area contributed by atoms with Crippen molar-refractivity contribution in [3.8, 4) is 0 Å². The molecule has 0 heterocycles. The van der Waals surface area contributed by atoms with Crippen LogP contribution >= 0.6 is 0 Å². The average molecular weight is 125 g/mol. The minimum atomic E-state index is 0.937. The lowest BCUT2D eigenvalue weighted by atomic mass is 10.2. The molecule has 0 unspecified atom stereocenters. The molecule has 0 amide bonds. The summed E-state index contributed by atoms with van der Waals surface area (Å²) in [6.07, 6.45) is 6.96. The van der Waals surface area contributed by atoms with Gasteiger partial charge in [-0.15, -0.1) is 0 Å². The van der Waals surface area contributed by atoms with Crippen molar-refractivity contribution in [3.63, 3.8) is 0 Å². The number of unbranched alkanes of at least 4 members (excludes halogenated alkanes) is 1. The maximum Gasteiger partial charge on any atom is 0.00802 e. The van der Waals surface area contributed by atoms with Crippen LogP contribution in [-0.2, 0) is 0 Å². The van der Waals surface area contributed by atoms with E-state index in [9.17, 15) is 0 Å². The van der Waals surface area contributed by atoms with Crippen molar-refractivity contribution in [1.82, 2.24) is 0 Å². The van der Waals surface area contributed by atoms with Crippen LogP contribution in [0.1, 0.15) is 26.2 Å². The Morgan fingerprint density at radius 2 is 2.33 bits per heavy atom. The standard InChI is InChI=1S/C8H15N/c1-3-5-7-8(9)6-4-2/h4,6H,2-3,5,7,9H2,1H3/b8-6+. The van der Waals surface area contributed by atoms with E-state index in [0.717, 1.165) is 12.1 Å². The van der Waals surface area contributed by atoms with E-state index in [2.05, 4.69) is 13.5 Å². The molecule has 0 aliphatic carbocycles. The highest BCUT2D eigenvalue weighted by molar-refractivity contribution is 5.06. The zero-order chi connectivity index (χ0) is 7.11. The zero-order valence-corrected chi connectivity index (χ0v) is 6.06. The molecular formula is C8H15N. The Morgan fingerprint density at radius 3 is 2.78 bits per heavy atom. The van der Waals surface area contributed by atoms with Crippen molar-refractivity contribution in [2.24, 2.45) is 5.73 Å². The lowest BCUT2D eigenvalue weighted by Crippen LogP contribution is -1.95. The largest absolute Gasteiger partial charge is 0.402 e. The second-order valence-corrected chi connectivity index (χ2v) is 2.08. The highest BCUT2D eigenvalue weighted by atomic mass is 14.6. The van der Waals surface area contributed by atoms with E-state index in [-0.39, 0.29) is 0 Å². The van der Waals surface area contributed by atoms with E-state index in [4.69, 9.17) is 5.73 Å². The molecule has 0 radical (unpaired) electrons. The molecule has 0 bridgehead atoms. The number of nitrogens with two attached hydrogens (primary N) is 1. The first kappa shape index (κ1) is 8.28. The van der Waals surface area contributed by atoms with Gasteiger partial charge in [-0.2, -0.15) is 0 Å². The van der Waals surface area contributed by atoms with E-state index >= 15 is 0 Å². The quantitative estimate of drug-likeness (QED) is 0.573. The molecule has 0 aromatic heterocycles. The molecule has 0 aromatic carbocycles. The SMILES string of the molecule is C=C/C=C(/N)CCCC.